The van der Waals surface area contributed by atoms with E-state index >= 15 is 0 Å². The molecule has 172 valence electrons. The van der Waals surface area contributed by atoms with Crippen molar-refractivity contribution in [2.45, 2.75) is 13.1 Å². The van der Waals surface area contributed by atoms with Crippen molar-refractivity contribution in [3.05, 3.63) is 81.5 Å². The van der Waals surface area contributed by atoms with Gasteiger partial charge in [-0.05, 0) is 64.8 Å². The van der Waals surface area contributed by atoms with Gasteiger partial charge in [0.25, 0.3) is 5.91 Å². The van der Waals surface area contributed by atoms with Crippen molar-refractivity contribution in [2.75, 3.05) is 5.32 Å². The van der Waals surface area contributed by atoms with E-state index in [1.807, 2.05) is 5.32 Å². The third kappa shape index (κ3) is 5.83. The van der Waals surface area contributed by atoms with Gasteiger partial charge in [0, 0.05) is 11.9 Å². The van der Waals surface area contributed by atoms with Crippen LogP contribution in [-0.2, 0) is 6.18 Å². The Hall–Kier alpha value is -3.54. The van der Waals surface area contributed by atoms with Crippen molar-refractivity contribution in [3.8, 4) is 11.6 Å². The molecule has 0 saturated carbocycles. The van der Waals surface area contributed by atoms with Crippen LogP contribution in [0.2, 0.25) is 0 Å². The van der Waals surface area contributed by atoms with E-state index in [2.05, 4.69) is 26.2 Å². The second-order valence-corrected chi connectivity index (χ2v) is 7.45. The lowest BCUT2D eigenvalue weighted by atomic mass is 10.2. The molecule has 0 fully saturated rings. The number of nitrogens with zero attached hydrogens (tertiary/aromatic N) is 1. The average Bonchev–Trinajstić information content (AvgIpc) is 2.70. The highest BCUT2D eigenvalue weighted by Crippen LogP contribution is 2.35. The topological polar surface area (TPSA) is 80.3 Å². The number of aromatic nitrogens is 1. The van der Waals surface area contributed by atoms with Crippen LogP contribution in [0.25, 0.3) is 0 Å². The number of rotatable bonds is 4. The molecule has 0 bridgehead atoms. The number of hydrogen-bond acceptors (Lipinski definition) is 4. The summed E-state index contributed by atoms with van der Waals surface area (Å²) in [5, 5.41) is 4.18. The zero-order valence-electron chi connectivity index (χ0n) is 16.6. The van der Waals surface area contributed by atoms with Gasteiger partial charge in [-0.3, -0.25) is 10.1 Å². The lowest BCUT2D eigenvalue weighted by Crippen LogP contribution is -2.35. The molecular formula is C21H13BrF5N3O3. The molecule has 0 aliphatic rings. The normalized spacial score (nSPS) is 11.1. The predicted molar refractivity (Wildman–Crippen MR) is 111 cm³/mol. The Morgan fingerprint density at radius 2 is 1.73 bits per heavy atom. The zero-order chi connectivity index (χ0) is 24.3. The molecule has 6 nitrogen and oxygen atoms in total. The summed E-state index contributed by atoms with van der Waals surface area (Å²) in [6.45, 7) is 1.58. The lowest BCUT2D eigenvalue weighted by Gasteiger charge is -2.13. The number of ether oxygens (including phenoxy) is 1. The van der Waals surface area contributed by atoms with E-state index in [0.717, 1.165) is 24.3 Å². The largest absolute Gasteiger partial charge is 0.438 e. The summed E-state index contributed by atoms with van der Waals surface area (Å²) < 4.78 is 71.0. The van der Waals surface area contributed by atoms with E-state index in [9.17, 15) is 31.5 Å². The SMILES string of the molecule is Cc1cc(Oc2ncc(C(F)(F)F)cc2Br)ccc1NC(=O)NC(=O)c1c(F)cccc1F. The molecule has 1 aromatic heterocycles. The van der Waals surface area contributed by atoms with Crippen LogP contribution in [-0.4, -0.2) is 16.9 Å². The van der Waals surface area contributed by atoms with Gasteiger partial charge in [-0.15, -0.1) is 0 Å². The first-order valence-corrected chi connectivity index (χ1v) is 9.82. The molecule has 1 heterocycles. The first-order chi connectivity index (χ1) is 15.5. The number of benzene rings is 2. The summed E-state index contributed by atoms with van der Waals surface area (Å²) in [5.41, 5.74) is -1.16. The molecule has 0 atom stereocenters. The number of nitrogens with one attached hydrogen (secondary N) is 2. The Balaban J connectivity index is 1.68. The third-order valence-electron chi connectivity index (χ3n) is 4.21. The lowest BCUT2D eigenvalue weighted by molar-refractivity contribution is -0.137. The summed E-state index contributed by atoms with van der Waals surface area (Å²) in [5.74, 6) is -3.42. The number of alkyl halides is 3. The highest BCUT2D eigenvalue weighted by molar-refractivity contribution is 9.10. The van der Waals surface area contributed by atoms with Crippen molar-refractivity contribution in [3.63, 3.8) is 0 Å². The number of carbonyl (C=O) groups excluding carboxylic acids is 2. The molecule has 12 heteroatoms. The van der Waals surface area contributed by atoms with Crippen LogP contribution in [0.3, 0.4) is 0 Å². The minimum Gasteiger partial charge on any atom is -0.438 e. The van der Waals surface area contributed by atoms with Crippen molar-refractivity contribution in [1.82, 2.24) is 10.3 Å². The van der Waals surface area contributed by atoms with Gasteiger partial charge in [0.05, 0.1) is 10.0 Å². The smallest absolute Gasteiger partial charge is 0.417 e. The molecule has 0 unspecified atom stereocenters. The maximum atomic E-state index is 13.7. The van der Waals surface area contributed by atoms with E-state index in [1.165, 1.54) is 18.2 Å². The van der Waals surface area contributed by atoms with Crippen LogP contribution >= 0.6 is 15.9 Å². The Bertz CT molecular complexity index is 1210. The minimum absolute atomic E-state index is 0.0181. The zero-order valence-corrected chi connectivity index (χ0v) is 18.1. The molecule has 33 heavy (non-hydrogen) atoms. The monoisotopic (exact) mass is 529 g/mol. The summed E-state index contributed by atoms with van der Waals surface area (Å²) in [6, 6.07) is 6.87. The van der Waals surface area contributed by atoms with Crippen molar-refractivity contribution < 1.29 is 36.3 Å². The summed E-state index contributed by atoms with van der Waals surface area (Å²) >= 11 is 2.98. The van der Waals surface area contributed by atoms with Gasteiger partial charge in [-0.25, -0.2) is 18.6 Å². The van der Waals surface area contributed by atoms with Gasteiger partial charge < -0.3 is 10.1 Å². The van der Waals surface area contributed by atoms with Crippen LogP contribution < -0.4 is 15.4 Å². The maximum absolute atomic E-state index is 13.7. The second kappa shape index (κ2) is 9.53. The van der Waals surface area contributed by atoms with Crippen LogP contribution in [0, 0.1) is 18.6 Å². The Morgan fingerprint density at radius 3 is 2.30 bits per heavy atom. The maximum Gasteiger partial charge on any atom is 0.417 e. The van der Waals surface area contributed by atoms with Gasteiger partial charge in [0.1, 0.15) is 22.9 Å². The highest BCUT2D eigenvalue weighted by atomic mass is 79.9. The summed E-state index contributed by atoms with van der Waals surface area (Å²) in [4.78, 5) is 27.7. The highest BCUT2D eigenvalue weighted by Gasteiger charge is 2.31. The first-order valence-electron chi connectivity index (χ1n) is 9.03. The average molecular weight is 530 g/mol. The molecule has 3 amide bonds. The third-order valence-corrected chi connectivity index (χ3v) is 4.78. The Morgan fingerprint density at radius 1 is 1.06 bits per heavy atom. The first kappa shape index (κ1) is 24.1. The van der Waals surface area contributed by atoms with Gasteiger partial charge in [-0.2, -0.15) is 13.2 Å². The molecule has 0 saturated heterocycles. The van der Waals surface area contributed by atoms with Crippen LogP contribution in [0.5, 0.6) is 11.6 Å². The van der Waals surface area contributed by atoms with E-state index < -0.39 is 40.9 Å². The van der Waals surface area contributed by atoms with E-state index in [0.29, 0.717) is 11.8 Å². The number of urea groups is 1. The molecule has 0 radical (unpaired) electrons. The molecule has 2 N–H and O–H groups in total. The van der Waals surface area contributed by atoms with Crippen molar-refractivity contribution >= 4 is 33.6 Å². The van der Waals surface area contributed by atoms with Gasteiger partial charge >= 0.3 is 12.2 Å². The fourth-order valence-electron chi connectivity index (χ4n) is 2.64. The molecule has 0 aliphatic heterocycles. The number of aryl methyl sites for hydroxylation is 1. The number of amides is 3. The minimum atomic E-state index is -4.56. The van der Waals surface area contributed by atoms with Crippen LogP contribution in [0.15, 0.2) is 53.1 Å². The molecule has 3 aromatic rings. The predicted octanol–water partition coefficient (Wildman–Crippen LogP) is 6.20. The van der Waals surface area contributed by atoms with Crippen LogP contribution in [0.4, 0.5) is 32.4 Å². The van der Waals surface area contributed by atoms with E-state index in [1.54, 1.807) is 6.92 Å². The molecule has 0 spiro atoms. The van der Waals surface area contributed by atoms with Crippen molar-refractivity contribution in [1.29, 1.82) is 0 Å². The Kier molecular flexibility index (Phi) is 6.96. The van der Waals surface area contributed by atoms with Crippen LogP contribution in [0.1, 0.15) is 21.5 Å². The number of anilines is 1. The van der Waals surface area contributed by atoms with E-state index in [4.69, 9.17) is 4.74 Å². The molecular weight excluding hydrogens is 517 g/mol. The molecule has 2 aromatic carbocycles. The summed E-state index contributed by atoms with van der Waals surface area (Å²) in [7, 11) is 0. The van der Waals surface area contributed by atoms with Gasteiger partial charge in [-0.1, -0.05) is 6.07 Å². The fourth-order valence-corrected chi connectivity index (χ4v) is 3.07. The molecule has 3 rings (SSSR count). The number of halogens is 6. The fraction of sp³-hybridized carbons (Fsp3) is 0.0952. The second-order valence-electron chi connectivity index (χ2n) is 6.59. The van der Waals surface area contributed by atoms with Gasteiger partial charge in [0.15, 0.2) is 0 Å². The number of pyridine rings is 1. The quantitative estimate of drug-likeness (QED) is 0.394. The standard InChI is InChI=1S/C21H13BrF5N3O3/c1-10-7-12(33-19-13(22)8-11(9-28-19)21(25,26)27)5-6-16(10)29-20(32)30-18(31)17-14(23)3-2-4-15(17)24/h2-9H,1H3,(H2,29,30,31,32). The van der Waals surface area contributed by atoms with Gasteiger partial charge in [0.2, 0.25) is 5.88 Å². The number of carbonyl (C=O) groups is 2. The summed E-state index contributed by atoms with van der Waals surface area (Å²) in [6.07, 6.45) is -3.93. The Labute approximate surface area is 191 Å². The number of hydrogen-bond donors (Lipinski definition) is 2. The van der Waals surface area contributed by atoms with Crippen molar-refractivity contribution in [2.24, 2.45) is 0 Å². The number of imide groups is 1. The van der Waals surface area contributed by atoms with E-state index in [-0.39, 0.29) is 21.8 Å². The molecule has 0 aliphatic carbocycles.